The zero-order chi connectivity index (χ0) is 9.54. The molecule has 14 heavy (non-hydrogen) atoms. The van der Waals surface area contributed by atoms with Gasteiger partial charge in [0.05, 0.1) is 6.54 Å². The van der Waals surface area contributed by atoms with Crippen molar-refractivity contribution in [2.24, 2.45) is 11.8 Å². The number of allylic oxidation sites excluding steroid dienone is 2. The van der Waals surface area contributed by atoms with Crippen LogP contribution in [0.15, 0.2) is 22.9 Å². The zero-order valence-electron chi connectivity index (χ0n) is 8.17. The average molecular weight is 211 g/mol. The van der Waals surface area contributed by atoms with E-state index in [0.717, 1.165) is 30.0 Å². The molecule has 0 aromatic rings. The Morgan fingerprint density at radius 1 is 1.36 bits per heavy atom. The number of halogens is 1. The molecule has 1 N–H and O–H groups in total. The molecule has 0 amide bonds. The van der Waals surface area contributed by atoms with Gasteiger partial charge in [0.15, 0.2) is 0 Å². The van der Waals surface area contributed by atoms with Crippen molar-refractivity contribution in [3.63, 3.8) is 0 Å². The molecule has 0 aromatic carbocycles. The second-order valence-electron chi connectivity index (χ2n) is 4.54. The molecular formula is C11H15ClN2. The summed E-state index contributed by atoms with van der Waals surface area (Å²) < 4.78 is 0. The summed E-state index contributed by atoms with van der Waals surface area (Å²) in [4.78, 5) is 2.46. The lowest BCUT2D eigenvalue weighted by Crippen LogP contribution is -2.50. The largest absolute Gasteiger partial charge is 0.369 e. The van der Waals surface area contributed by atoms with Crippen LogP contribution in [0.4, 0.5) is 0 Å². The van der Waals surface area contributed by atoms with E-state index in [1.54, 1.807) is 0 Å². The Hall–Kier alpha value is -0.470. The predicted molar refractivity (Wildman–Crippen MR) is 58.1 cm³/mol. The lowest BCUT2D eigenvalue weighted by molar-refractivity contribution is 0.155. The van der Waals surface area contributed by atoms with Gasteiger partial charge in [-0.1, -0.05) is 11.6 Å². The van der Waals surface area contributed by atoms with Gasteiger partial charge < -0.3 is 10.2 Å². The van der Waals surface area contributed by atoms with Gasteiger partial charge in [-0.3, -0.25) is 0 Å². The Morgan fingerprint density at radius 3 is 3.21 bits per heavy atom. The summed E-state index contributed by atoms with van der Waals surface area (Å²) in [5.74, 6) is 1.55. The zero-order valence-corrected chi connectivity index (χ0v) is 8.93. The third-order valence-corrected chi connectivity index (χ3v) is 3.73. The standard InChI is InChI=1S/C11H15ClN2/c12-10-1-2-11-9-3-8(4-13-5-9)6-14(11)7-10/h1-2,8-9,13H,3-7H2. The molecule has 3 heterocycles. The molecule has 0 aliphatic carbocycles. The van der Waals surface area contributed by atoms with Crippen LogP contribution in [0.1, 0.15) is 6.42 Å². The van der Waals surface area contributed by atoms with Gasteiger partial charge in [-0.05, 0) is 31.0 Å². The molecule has 2 unspecified atom stereocenters. The monoisotopic (exact) mass is 210 g/mol. The molecule has 2 atom stereocenters. The molecule has 3 rings (SSSR count). The molecule has 0 spiro atoms. The highest BCUT2D eigenvalue weighted by molar-refractivity contribution is 6.30. The smallest absolute Gasteiger partial charge is 0.0533 e. The minimum absolute atomic E-state index is 0.725. The Bertz CT molecular complexity index is 304. The van der Waals surface area contributed by atoms with Crippen LogP contribution in [0.25, 0.3) is 0 Å². The Balaban J connectivity index is 1.90. The van der Waals surface area contributed by atoms with E-state index >= 15 is 0 Å². The van der Waals surface area contributed by atoms with Crippen molar-refractivity contribution in [2.45, 2.75) is 6.42 Å². The summed E-state index contributed by atoms with van der Waals surface area (Å²) in [5, 5.41) is 4.48. The van der Waals surface area contributed by atoms with Gasteiger partial charge in [0.25, 0.3) is 0 Å². The molecule has 3 heteroatoms. The number of nitrogens with zero attached hydrogens (tertiary/aromatic N) is 1. The molecule has 2 saturated heterocycles. The number of piperidine rings is 2. The fourth-order valence-corrected chi connectivity index (χ4v) is 3.09. The molecule has 3 aliphatic heterocycles. The van der Waals surface area contributed by atoms with Gasteiger partial charge in [0.2, 0.25) is 0 Å². The van der Waals surface area contributed by atoms with Crippen LogP contribution in [0.3, 0.4) is 0 Å². The van der Waals surface area contributed by atoms with Crippen molar-refractivity contribution in [2.75, 3.05) is 26.2 Å². The Morgan fingerprint density at radius 2 is 2.29 bits per heavy atom. The van der Waals surface area contributed by atoms with Gasteiger partial charge in [-0.15, -0.1) is 0 Å². The third-order valence-electron chi connectivity index (χ3n) is 3.48. The van der Waals surface area contributed by atoms with Gasteiger partial charge in [0, 0.05) is 29.7 Å². The summed E-state index contributed by atoms with van der Waals surface area (Å²) in [6.45, 7) is 4.44. The molecular weight excluding hydrogens is 196 g/mol. The van der Waals surface area contributed by atoms with E-state index in [2.05, 4.69) is 22.4 Å². The van der Waals surface area contributed by atoms with Crippen LogP contribution in [-0.4, -0.2) is 31.1 Å². The van der Waals surface area contributed by atoms with Crippen LogP contribution in [0, 0.1) is 11.8 Å². The van der Waals surface area contributed by atoms with Crippen LogP contribution in [-0.2, 0) is 0 Å². The molecule has 76 valence electrons. The highest BCUT2D eigenvalue weighted by atomic mass is 35.5. The van der Waals surface area contributed by atoms with Gasteiger partial charge >= 0.3 is 0 Å². The maximum absolute atomic E-state index is 6.05. The van der Waals surface area contributed by atoms with Crippen molar-refractivity contribution < 1.29 is 0 Å². The minimum atomic E-state index is 0.725. The normalized spacial score (nSPS) is 35.9. The van der Waals surface area contributed by atoms with Crippen LogP contribution in [0.2, 0.25) is 0 Å². The van der Waals surface area contributed by atoms with Crippen LogP contribution >= 0.6 is 11.6 Å². The van der Waals surface area contributed by atoms with Crippen molar-refractivity contribution in [1.29, 1.82) is 0 Å². The first-order valence-electron chi connectivity index (χ1n) is 5.35. The lowest BCUT2D eigenvalue weighted by atomic mass is 9.82. The maximum Gasteiger partial charge on any atom is 0.0533 e. The summed E-state index contributed by atoms with van der Waals surface area (Å²) in [6, 6.07) is 0. The number of fused-ring (bicyclic) bond motifs is 4. The highest BCUT2D eigenvalue weighted by Crippen LogP contribution is 2.35. The van der Waals surface area contributed by atoms with Crippen molar-refractivity contribution in [3.05, 3.63) is 22.9 Å². The minimum Gasteiger partial charge on any atom is -0.369 e. The van der Waals surface area contributed by atoms with Crippen molar-refractivity contribution >= 4 is 11.6 Å². The first-order valence-corrected chi connectivity index (χ1v) is 5.72. The number of hydrogen-bond acceptors (Lipinski definition) is 2. The van der Waals surface area contributed by atoms with E-state index in [4.69, 9.17) is 11.6 Å². The number of nitrogens with one attached hydrogen (secondary N) is 1. The van der Waals surface area contributed by atoms with Crippen LogP contribution < -0.4 is 5.32 Å². The van der Waals surface area contributed by atoms with E-state index in [-0.39, 0.29) is 0 Å². The molecule has 2 nitrogen and oxygen atoms in total. The topological polar surface area (TPSA) is 15.3 Å². The SMILES string of the molecule is ClC1=CC=C2C3CNCC(C3)CN2C1. The molecule has 0 saturated carbocycles. The van der Waals surface area contributed by atoms with Gasteiger partial charge in [0.1, 0.15) is 0 Å². The fourth-order valence-electron chi connectivity index (χ4n) is 2.88. The number of rotatable bonds is 0. The highest BCUT2D eigenvalue weighted by Gasteiger charge is 2.34. The predicted octanol–water partition coefficient (Wildman–Crippen LogP) is 1.55. The second-order valence-corrected chi connectivity index (χ2v) is 5.03. The summed E-state index contributed by atoms with van der Waals surface area (Å²) >= 11 is 6.05. The summed E-state index contributed by atoms with van der Waals surface area (Å²) in [5.41, 5.74) is 1.50. The van der Waals surface area contributed by atoms with E-state index in [1.807, 2.05) is 0 Å². The molecule has 0 aromatic heterocycles. The quantitative estimate of drug-likeness (QED) is 0.653. The first kappa shape index (κ1) is 8.81. The van der Waals surface area contributed by atoms with E-state index in [9.17, 15) is 0 Å². The molecule has 2 bridgehead atoms. The van der Waals surface area contributed by atoms with Crippen molar-refractivity contribution in [1.82, 2.24) is 10.2 Å². The molecule has 2 fully saturated rings. The average Bonchev–Trinajstić information content (AvgIpc) is 2.17. The summed E-state index contributed by atoms with van der Waals surface area (Å²) in [7, 11) is 0. The fraction of sp³-hybridized carbons (Fsp3) is 0.636. The number of hydrogen-bond donors (Lipinski definition) is 1. The summed E-state index contributed by atoms with van der Waals surface area (Å²) in [6.07, 6.45) is 5.63. The first-order chi connectivity index (χ1) is 6.83. The Labute approximate surface area is 89.6 Å². The van der Waals surface area contributed by atoms with Gasteiger partial charge in [-0.25, -0.2) is 0 Å². The third kappa shape index (κ3) is 1.37. The van der Waals surface area contributed by atoms with Gasteiger partial charge in [-0.2, -0.15) is 0 Å². The van der Waals surface area contributed by atoms with E-state index < -0.39 is 0 Å². The van der Waals surface area contributed by atoms with E-state index in [0.29, 0.717) is 0 Å². The maximum atomic E-state index is 6.05. The molecule has 3 aliphatic rings. The molecule has 0 radical (unpaired) electrons. The van der Waals surface area contributed by atoms with E-state index in [1.165, 1.54) is 25.2 Å². The second kappa shape index (κ2) is 3.28. The van der Waals surface area contributed by atoms with Crippen molar-refractivity contribution in [3.8, 4) is 0 Å². The lowest BCUT2D eigenvalue weighted by Gasteiger charge is -2.45. The van der Waals surface area contributed by atoms with Crippen LogP contribution in [0.5, 0.6) is 0 Å². The Kier molecular flexibility index (Phi) is 2.06.